The zero-order valence-electron chi connectivity index (χ0n) is 45.7. The largest absolute Gasteiger partial charge is 0.466 e. The third kappa shape index (κ3) is 38.4. The summed E-state index contributed by atoms with van der Waals surface area (Å²) in [4.78, 5) is 94.0. The molecule has 0 bridgehead atoms. The summed E-state index contributed by atoms with van der Waals surface area (Å²) in [7, 11) is 0. The number of rotatable bonds is 52. The maximum Gasteiger partial charge on any atom is 0.312 e. The maximum atomic E-state index is 14.6. The number of primary amides is 1. The molecular weight excluding hydrogens is 937 g/mol. The van der Waals surface area contributed by atoms with Crippen molar-refractivity contribution < 1.29 is 57.2 Å². The van der Waals surface area contributed by atoms with E-state index in [-0.39, 0.29) is 84.2 Å². The van der Waals surface area contributed by atoms with Crippen LogP contribution in [-0.2, 0) is 57.2 Å². The van der Waals surface area contributed by atoms with Crippen LogP contribution in [0.4, 0.5) is 0 Å². The number of ether oxygens (including phenoxy) is 5. The molecule has 0 radical (unpaired) electrons. The molecule has 3 unspecified atom stereocenters. The number of unbranched alkanes of at least 4 members (excludes halogenated alkanes) is 24. The van der Waals surface area contributed by atoms with E-state index in [1.165, 1.54) is 109 Å². The second-order valence-corrected chi connectivity index (χ2v) is 19.8. The number of nitrogens with two attached hydrogens (primary N) is 5. The Morgan fingerprint density at radius 1 is 0.452 bits per heavy atom. The molecule has 18 heteroatoms. The molecule has 18 nitrogen and oxygen atoms in total. The Bertz CT molecular complexity index is 1430. The lowest BCUT2D eigenvalue weighted by molar-refractivity contribution is -0.179. The number of carbonyl (C=O) groups is 7. The number of hydrogen-bond acceptors (Lipinski definition) is 16. The monoisotopic (exact) mass is 1040 g/mol. The minimum absolute atomic E-state index is 0.00454. The first-order chi connectivity index (χ1) is 35.3. The molecule has 2 amide bonds. The van der Waals surface area contributed by atoms with E-state index in [0.29, 0.717) is 12.8 Å². The Balaban J connectivity index is 6.62. The van der Waals surface area contributed by atoms with Crippen molar-refractivity contribution in [3.05, 3.63) is 0 Å². The van der Waals surface area contributed by atoms with Crippen LogP contribution in [0.3, 0.4) is 0 Å². The first-order valence-corrected chi connectivity index (χ1v) is 28.6. The Morgan fingerprint density at radius 2 is 0.808 bits per heavy atom. The molecule has 0 aliphatic carbocycles. The van der Waals surface area contributed by atoms with E-state index in [2.05, 4.69) is 19.2 Å². The highest BCUT2D eigenvalue weighted by molar-refractivity contribution is 5.88. The van der Waals surface area contributed by atoms with E-state index in [1.807, 2.05) is 0 Å². The smallest absolute Gasteiger partial charge is 0.312 e. The van der Waals surface area contributed by atoms with Crippen LogP contribution in [0.1, 0.15) is 239 Å². The van der Waals surface area contributed by atoms with Gasteiger partial charge >= 0.3 is 29.8 Å². The van der Waals surface area contributed by atoms with Crippen molar-refractivity contribution in [2.45, 2.75) is 256 Å². The van der Waals surface area contributed by atoms with Crippen LogP contribution < -0.4 is 34.0 Å². The van der Waals surface area contributed by atoms with Crippen molar-refractivity contribution in [2.24, 2.45) is 34.6 Å². The predicted molar refractivity (Wildman–Crippen MR) is 285 cm³/mol. The normalized spacial score (nSPS) is 12.6. The minimum atomic E-state index is -2.25. The van der Waals surface area contributed by atoms with Crippen LogP contribution in [-0.4, -0.2) is 105 Å². The Hall–Kier alpha value is -3.87. The van der Waals surface area contributed by atoms with Gasteiger partial charge in [-0.2, -0.15) is 0 Å². The van der Waals surface area contributed by atoms with Gasteiger partial charge in [0.2, 0.25) is 11.8 Å². The number of carbonyl (C=O) groups excluding carboxylic acids is 7. The molecule has 0 saturated carbocycles. The van der Waals surface area contributed by atoms with Gasteiger partial charge in [-0.1, -0.05) is 168 Å². The van der Waals surface area contributed by atoms with Crippen molar-refractivity contribution in [1.29, 1.82) is 0 Å². The number of hydrogen-bond donors (Lipinski definition) is 6. The van der Waals surface area contributed by atoms with Gasteiger partial charge in [-0.05, 0) is 58.2 Å². The van der Waals surface area contributed by atoms with Gasteiger partial charge < -0.3 is 57.7 Å². The van der Waals surface area contributed by atoms with Crippen molar-refractivity contribution in [1.82, 2.24) is 5.32 Å². The molecule has 0 aromatic rings. The number of nitrogens with one attached hydrogen (secondary N) is 1. The molecule has 426 valence electrons. The van der Waals surface area contributed by atoms with Crippen molar-refractivity contribution in [3.8, 4) is 0 Å². The van der Waals surface area contributed by atoms with Gasteiger partial charge in [0.05, 0.1) is 31.6 Å². The highest BCUT2D eigenvalue weighted by atomic mass is 16.6. The van der Waals surface area contributed by atoms with Crippen LogP contribution in [0, 0.1) is 5.92 Å². The molecule has 0 aromatic carbocycles. The first kappa shape index (κ1) is 69.1. The molecular formula is C55H104N6O12. The third-order valence-electron chi connectivity index (χ3n) is 13.0. The van der Waals surface area contributed by atoms with Gasteiger partial charge in [0.15, 0.2) is 0 Å². The van der Waals surface area contributed by atoms with E-state index in [9.17, 15) is 33.6 Å². The molecule has 3 atom stereocenters. The van der Waals surface area contributed by atoms with Crippen LogP contribution in [0.2, 0.25) is 0 Å². The third-order valence-corrected chi connectivity index (χ3v) is 13.0. The van der Waals surface area contributed by atoms with Gasteiger partial charge in [0.1, 0.15) is 24.9 Å². The Labute approximate surface area is 439 Å². The SMILES string of the molecule is CCCCCCCCCCCCCCCOC(=O)CCC(C(=O)OCCCCCCCCCCCCCCC)C(OC(=O)CCCN)C(COC(=O)CCCN)(COC(=O)CCCN)NC(=O)C(N)CC(N)=O. The average molecular weight is 1040 g/mol. The van der Waals surface area contributed by atoms with Crippen LogP contribution in [0.15, 0.2) is 0 Å². The lowest BCUT2D eigenvalue weighted by atomic mass is 9.81. The van der Waals surface area contributed by atoms with E-state index in [1.54, 1.807) is 0 Å². The van der Waals surface area contributed by atoms with E-state index < -0.39 is 84.9 Å². The fourth-order valence-corrected chi connectivity index (χ4v) is 8.52. The standard InChI is InChI=1S/C55H104N6O12/c1-3-5-7-9-11-13-15-17-19-21-23-25-27-40-69-50(65)36-35-45(54(68)70-41-28-26-24-22-20-18-16-14-12-10-8-6-4-2)52(73-51(66)34-31-39-58)55(43-71-48(63)32-29-37-56,44-72-49(64)33-30-38-57)61-53(67)46(59)42-47(60)62/h45-46,52H,3-44,56-59H2,1-2H3,(H2,60,62)(H,61,67). The van der Waals surface area contributed by atoms with Gasteiger partial charge in [0, 0.05) is 25.7 Å². The van der Waals surface area contributed by atoms with Gasteiger partial charge in [-0.15, -0.1) is 0 Å². The number of esters is 5. The fraction of sp³-hybridized carbons (Fsp3) is 0.873. The summed E-state index contributed by atoms with van der Waals surface area (Å²) in [6.07, 6.45) is 26.6. The zero-order valence-corrected chi connectivity index (χ0v) is 45.7. The van der Waals surface area contributed by atoms with Crippen LogP contribution >= 0.6 is 0 Å². The maximum absolute atomic E-state index is 14.6. The molecule has 0 heterocycles. The van der Waals surface area contributed by atoms with Gasteiger partial charge in [-0.3, -0.25) is 33.6 Å². The molecule has 0 spiro atoms. The quantitative estimate of drug-likeness (QED) is 0.0191. The summed E-state index contributed by atoms with van der Waals surface area (Å²) in [5.41, 5.74) is 26.3. The van der Waals surface area contributed by atoms with Gasteiger partial charge in [-0.25, -0.2) is 0 Å². The summed E-state index contributed by atoms with van der Waals surface area (Å²) in [6, 6.07) is -1.58. The van der Waals surface area contributed by atoms with E-state index >= 15 is 0 Å². The van der Waals surface area contributed by atoms with Crippen molar-refractivity contribution in [2.75, 3.05) is 46.1 Å². The van der Waals surface area contributed by atoms with Crippen LogP contribution in [0.5, 0.6) is 0 Å². The molecule has 0 aliphatic rings. The Morgan fingerprint density at radius 3 is 1.19 bits per heavy atom. The van der Waals surface area contributed by atoms with Crippen LogP contribution in [0.25, 0.3) is 0 Å². The predicted octanol–water partition coefficient (Wildman–Crippen LogP) is 7.92. The molecule has 0 aromatic heterocycles. The summed E-state index contributed by atoms with van der Waals surface area (Å²) in [5.74, 6) is -7.40. The highest BCUT2D eigenvalue weighted by Crippen LogP contribution is 2.30. The molecule has 0 rings (SSSR count). The Kier molecular flexibility index (Phi) is 45.3. The summed E-state index contributed by atoms with van der Waals surface area (Å²) in [5, 5.41) is 2.64. The summed E-state index contributed by atoms with van der Waals surface area (Å²) in [6.45, 7) is 3.38. The topological polar surface area (TPSA) is 308 Å². The molecule has 0 saturated heterocycles. The first-order valence-electron chi connectivity index (χ1n) is 28.6. The zero-order chi connectivity index (χ0) is 54.2. The van der Waals surface area contributed by atoms with E-state index in [0.717, 1.165) is 44.9 Å². The second-order valence-electron chi connectivity index (χ2n) is 19.8. The average Bonchev–Trinajstić information content (AvgIpc) is 3.37. The van der Waals surface area contributed by atoms with Crippen molar-refractivity contribution >= 4 is 41.7 Å². The molecule has 0 fully saturated rings. The molecule has 73 heavy (non-hydrogen) atoms. The van der Waals surface area contributed by atoms with E-state index in [4.69, 9.17) is 52.4 Å². The summed E-state index contributed by atoms with van der Waals surface area (Å²) < 4.78 is 29.0. The minimum Gasteiger partial charge on any atom is -0.466 e. The van der Waals surface area contributed by atoms with Gasteiger partial charge in [0.25, 0.3) is 0 Å². The van der Waals surface area contributed by atoms with Crippen molar-refractivity contribution in [3.63, 3.8) is 0 Å². The number of amides is 2. The lowest BCUT2D eigenvalue weighted by Gasteiger charge is -2.42. The lowest BCUT2D eigenvalue weighted by Crippen LogP contribution is -2.68. The highest BCUT2D eigenvalue weighted by Gasteiger charge is 2.52. The second kappa shape index (κ2) is 47.8. The summed E-state index contributed by atoms with van der Waals surface area (Å²) >= 11 is 0. The molecule has 0 aliphatic heterocycles. The fourth-order valence-electron chi connectivity index (χ4n) is 8.52. The molecule has 11 N–H and O–H groups in total.